The highest BCUT2D eigenvalue weighted by Gasteiger charge is 2.10. The second-order valence-electron chi connectivity index (χ2n) is 4.31. The Morgan fingerprint density at radius 1 is 1.18 bits per heavy atom. The van der Waals surface area contributed by atoms with Crippen molar-refractivity contribution >= 4 is 0 Å². The van der Waals surface area contributed by atoms with Crippen LogP contribution in [0.2, 0.25) is 0 Å². The number of rotatable bonds is 7. The molecule has 0 heterocycles. The molecule has 92 valence electrons. The van der Waals surface area contributed by atoms with Gasteiger partial charge in [0.15, 0.2) is 0 Å². The second-order valence-corrected chi connectivity index (χ2v) is 4.31. The van der Waals surface area contributed by atoms with E-state index in [1.807, 2.05) is 12.2 Å². The molecule has 2 nitrogen and oxygen atoms in total. The normalized spacial score (nSPS) is 12.4. The van der Waals surface area contributed by atoms with Gasteiger partial charge in [-0.3, -0.25) is 4.90 Å². The van der Waals surface area contributed by atoms with Crippen LogP contribution < -0.4 is 5.73 Å². The Kier molecular flexibility index (Phi) is 5.67. The fourth-order valence-electron chi connectivity index (χ4n) is 1.79. The Bertz CT molecular complexity index is 344. The smallest absolute Gasteiger partial charge is 0.0424 e. The summed E-state index contributed by atoms with van der Waals surface area (Å²) in [5.41, 5.74) is 8.63. The largest absolute Gasteiger partial charge is 0.323 e. The molecular formula is C15H22N2. The van der Waals surface area contributed by atoms with Crippen LogP contribution in [0.1, 0.15) is 17.2 Å². The van der Waals surface area contributed by atoms with Gasteiger partial charge in [0.2, 0.25) is 0 Å². The number of hydrogen-bond acceptors (Lipinski definition) is 2. The van der Waals surface area contributed by atoms with E-state index in [0.29, 0.717) is 0 Å². The van der Waals surface area contributed by atoms with E-state index in [-0.39, 0.29) is 6.04 Å². The molecule has 2 heteroatoms. The molecule has 17 heavy (non-hydrogen) atoms. The molecule has 0 aliphatic heterocycles. The summed E-state index contributed by atoms with van der Waals surface area (Å²) in [6.07, 6.45) is 3.79. The molecule has 0 fully saturated rings. The summed E-state index contributed by atoms with van der Waals surface area (Å²) < 4.78 is 0. The molecule has 1 aromatic rings. The maximum atomic E-state index is 6.20. The highest BCUT2D eigenvalue weighted by atomic mass is 15.1. The molecule has 0 saturated carbocycles. The zero-order valence-electron chi connectivity index (χ0n) is 10.6. The predicted molar refractivity (Wildman–Crippen MR) is 74.9 cm³/mol. The summed E-state index contributed by atoms with van der Waals surface area (Å²) in [4.78, 5) is 2.23. The highest BCUT2D eigenvalue weighted by Crippen LogP contribution is 2.12. The van der Waals surface area contributed by atoms with Crippen LogP contribution in [-0.2, 0) is 0 Å². The lowest BCUT2D eigenvalue weighted by Crippen LogP contribution is -2.32. The van der Waals surface area contributed by atoms with Crippen LogP contribution in [0.25, 0.3) is 0 Å². The summed E-state index contributed by atoms with van der Waals surface area (Å²) in [5, 5.41) is 0. The number of aryl methyl sites for hydroxylation is 1. The number of nitrogens with zero attached hydrogens (tertiary/aromatic N) is 1. The van der Waals surface area contributed by atoms with Gasteiger partial charge in [-0.2, -0.15) is 0 Å². The minimum absolute atomic E-state index is 0.0375. The Balaban J connectivity index is 2.62. The SMILES string of the molecule is C=CCN(CC=C)CC(N)c1ccc(C)cc1. The molecule has 1 atom stereocenters. The van der Waals surface area contributed by atoms with Crippen LogP contribution >= 0.6 is 0 Å². The van der Waals surface area contributed by atoms with Gasteiger partial charge < -0.3 is 5.73 Å². The van der Waals surface area contributed by atoms with Crippen molar-refractivity contribution in [1.82, 2.24) is 4.90 Å². The van der Waals surface area contributed by atoms with Crippen molar-refractivity contribution in [1.29, 1.82) is 0 Å². The highest BCUT2D eigenvalue weighted by molar-refractivity contribution is 5.24. The molecular weight excluding hydrogens is 208 g/mol. The quantitative estimate of drug-likeness (QED) is 0.730. The van der Waals surface area contributed by atoms with Crippen LogP contribution in [0.15, 0.2) is 49.6 Å². The van der Waals surface area contributed by atoms with Crippen LogP contribution in [0.4, 0.5) is 0 Å². The van der Waals surface area contributed by atoms with Crippen molar-refractivity contribution in [3.8, 4) is 0 Å². The van der Waals surface area contributed by atoms with E-state index in [9.17, 15) is 0 Å². The van der Waals surface area contributed by atoms with Gasteiger partial charge in [0.05, 0.1) is 0 Å². The summed E-state index contributed by atoms with van der Waals surface area (Å²) in [6.45, 7) is 12.1. The Morgan fingerprint density at radius 3 is 2.18 bits per heavy atom. The van der Waals surface area contributed by atoms with Crippen molar-refractivity contribution in [2.24, 2.45) is 5.73 Å². The van der Waals surface area contributed by atoms with E-state index >= 15 is 0 Å². The van der Waals surface area contributed by atoms with E-state index in [1.165, 1.54) is 11.1 Å². The lowest BCUT2D eigenvalue weighted by atomic mass is 10.1. The van der Waals surface area contributed by atoms with Gasteiger partial charge in [0.1, 0.15) is 0 Å². The standard InChI is InChI=1S/C15H22N2/c1-4-10-17(11-5-2)12-15(16)14-8-6-13(3)7-9-14/h4-9,15H,1-2,10-12,16H2,3H3. The summed E-state index contributed by atoms with van der Waals surface area (Å²) in [7, 11) is 0. The molecule has 0 aliphatic rings. The van der Waals surface area contributed by atoms with Crippen molar-refractivity contribution in [3.05, 3.63) is 60.7 Å². The van der Waals surface area contributed by atoms with Gasteiger partial charge in [0.25, 0.3) is 0 Å². The first-order chi connectivity index (χ1) is 8.17. The maximum Gasteiger partial charge on any atom is 0.0424 e. The molecule has 1 rings (SSSR count). The number of benzene rings is 1. The van der Waals surface area contributed by atoms with E-state index in [0.717, 1.165) is 19.6 Å². The summed E-state index contributed by atoms with van der Waals surface area (Å²) in [5.74, 6) is 0. The average Bonchev–Trinajstić information content (AvgIpc) is 2.30. The Hall–Kier alpha value is -1.38. The molecule has 0 saturated heterocycles. The number of nitrogens with two attached hydrogens (primary N) is 1. The predicted octanol–water partition coefficient (Wildman–Crippen LogP) is 2.67. The van der Waals surface area contributed by atoms with E-state index in [1.54, 1.807) is 0 Å². The monoisotopic (exact) mass is 230 g/mol. The molecule has 0 radical (unpaired) electrons. The summed E-state index contributed by atoms with van der Waals surface area (Å²) >= 11 is 0. The fraction of sp³-hybridized carbons (Fsp3) is 0.333. The first kappa shape index (κ1) is 13.7. The Labute approximate surface area is 104 Å². The Morgan fingerprint density at radius 2 is 1.71 bits per heavy atom. The first-order valence-electron chi connectivity index (χ1n) is 5.93. The summed E-state index contributed by atoms with van der Waals surface area (Å²) in [6, 6.07) is 8.43. The van der Waals surface area contributed by atoms with Crippen LogP contribution in [-0.4, -0.2) is 24.5 Å². The third-order valence-corrected chi connectivity index (χ3v) is 2.73. The van der Waals surface area contributed by atoms with E-state index in [2.05, 4.69) is 49.2 Å². The van der Waals surface area contributed by atoms with Gasteiger partial charge in [-0.15, -0.1) is 13.2 Å². The van der Waals surface area contributed by atoms with Crippen LogP contribution in [0.3, 0.4) is 0 Å². The molecule has 0 bridgehead atoms. The molecule has 0 aromatic heterocycles. The van der Waals surface area contributed by atoms with Crippen molar-refractivity contribution < 1.29 is 0 Å². The van der Waals surface area contributed by atoms with Crippen LogP contribution in [0, 0.1) is 6.92 Å². The molecule has 1 unspecified atom stereocenters. The minimum atomic E-state index is 0.0375. The fourth-order valence-corrected chi connectivity index (χ4v) is 1.79. The van der Waals surface area contributed by atoms with E-state index < -0.39 is 0 Å². The maximum absolute atomic E-state index is 6.20. The third kappa shape index (κ3) is 4.55. The van der Waals surface area contributed by atoms with Crippen molar-refractivity contribution in [2.45, 2.75) is 13.0 Å². The average molecular weight is 230 g/mol. The first-order valence-corrected chi connectivity index (χ1v) is 5.93. The molecule has 0 spiro atoms. The zero-order chi connectivity index (χ0) is 12.7. The lowest BCUT2D eigenvalue weighted by molar-refractivity contribution is 0.313. The topological polar surface area (TPSA) is 29.3 Å². The van der Waals surface area contributed by atoms with Gasteiger partial charge in [-0.05, 0) is 12.5 Å². The van der Waals surface area contributed by atoms with E-state index in [4.69, 9.17) is 5.73 Å². The van der Waals surface area contributed by atoms with Crippen LogP contribution in [0.5, 0.6) is 0 Å². The molecule has 1 aromatic carbocycles. The molecule has 0 aliphatic carbocycles. The number of hydrogen-bond donors (Lipinski definition) is 1. The van der Waals surface area contributed by atoms with Crippen molar-refractivity contribution in [2.75, 3.05) is 19.6 Å². The van der Waals surface area contributed by atoms with Gasteiger partial charge in [0, 0.05) is 25.7 Å². The minimum Gasteiger partial charge on any atom is -0.323 e. The zero-order valence-corrected chi connectivity index (χ0v) is 10.6. The van der Waals surface area contributed by atoms with Gasteiger partial charge >= 0.3 is 0 Å². The third-order valence-electron chi connectivity index (χ3n) is 2.73. The van der Waals surface area contributed by atoms with Crippen molar-refractivity contribution in [3.63, 3.8) is 0 Å². The van der Waals surface area contributed by atoms with Gasteiger partial charge in [-0.1, -0.05) is 42.0 Å². The molecule has 2 N–H and O–H groups in total. The lowest BCUT2D eigenvalue weighted by Gasteiger charge is -2.23. The molecule has 0 amide bonds. The van der Waals surface area contributed by atoms with Gasteiger partial charge in [-0.25, -0.2) is 0 Å². The second kappa shape index (κ2) is 7.05.